The molecule has 0 bridgehead atoms. The maximum atomic E-state index is 12.7. The van der Waals surface area contributed by atoms with Crippen LogP contribution in [-0.4, -0.2) is 61.6 Å². The third-order valence-electron chi connectivity index (χ3n) is 5.35. The maximum absolute atomic E-state index is 12.7. The molecule has 4 heteroatoms. The van der Waals surface area contributed by atoms with Gasteiger partial charge in [0.25, 0.3) is 0 Å². The molecule has 0 spiro atoms. The summed E-state index contributed by atoms with van der Waals surface area (Å²) in [6.45, 7) is 8.95. The number of piperidine rings is 1. The molecule has 2 aliphatic rings. The second-order valence-corrected chi connectivity index (χ2v) is 7.27. The van der Waals surface area contributed by atoms with Gasteiger partial charge in [0, 0.05) is 38.6 Å². The van der Waals surface area contributed by atoms with Crippen LogP contribution < -0.4 is 0 Å². The van der Waals surface area contributed by atoms with Crippen LogP contribution >= 0.6 is 0 Å². The van der Waals surface area contributed by atoms with E-state index in [0.717, 1.165) is 64.6 Å². The molecule has 1 unspecified atom stereocenters. The summed E-state index contributed by atoms with van der Waals surface area (Å²) in [5.74, 6) is 1.13. The van der Waals surface area contributed by atoms with Gasteiger partial charge in [0.2, 0.25) is 5.91 Å². The minimum Gasteiger partial charge on any atom is -0.379 e. The molecule has 2 aliphatic heterocycles. The van der Waals surface area contributed by atoms with Crippen molar-refractivity contribution < 1.29 is 9.53 Å². The number of carbonyl (C=O) groups excluding carboxylic acids is 1. The van der Waals surface area contributed by atoms with E-state index in [1.807, 2.05) is 18.2 Å². The van der Waals surface area contributed by atoms with Gasteiger partial charge in [0.05, 0.1) is 13.2 Å². The van der Waals surface area contributed by atoms with Crippen molar-refractivity contribution in [1.82, 2.24) is 9.80 Å². The van der Waals surface area contributed by atoms with Gasteiger partial charge in [-0.3, -0.25) is 9.69 Å². The highest BCUT2D eigenvalue weighted by Crippen LogP contribution is 2.21. The van der Waals surface area contributed by atoms with Crippen LogP contribution in [0.3, 0.4) is 0 Å². The zero-order chi connectivity index (χ0) is 16.8. The fraction of sp³-hybridized carbons (Fsp3) is 0.650. The summed E-state index contributed by atoms with van der Waals surface area (Å²) in [6, 6.07) is 10.3. The van der Waals surface area contributed by atoms with Crippen molar-refractivity contribution in [3.05, 3.63) is 35.9 Å². The average molecular weight is 330 g/mol. The summed E-state index contributed by atoms with van der Waals surface area (Å²) in [7, 11) is 0. The maximum Gasteiger partial charge on any atom is 0.225 e. The Morgan fingerprint density at radius 2 is 1.79 bits per heavy atom. The van der Waals surface area contributed by atoms with E-state index in [1.54, 1.807) is 0 Å². The second kappa shape index (κ2) is 8.63. The van der Waals surface area contributed by atoms with Gasteiger partial charge in [-0.05, 0) is 30.7 Å². The Bertz CT molecular complexity index is 506. The third-order valence-corrected chi connectivity index (χ3v) is 5.35. The first-order valence-corrected chi connectivity index (χ1v) is 9.35. The van der Waals surface area contributed by atoms with Crippen LogP contribution in [0.5, 0.6) is 0 Å². The van der Waals surface area contributed by atoms with E-state index >= 15 is 0 Å². The van der Waals surface area contributed by atoms with Crippen molar-refractivity contribution in [3.63, 3.8) is 0 Å². The molecule has 24 heavy (non-hydrogen) atoms. The fourth-order valence-corrected chi connectivity index (χ4v) is 3.85. The highest BCUT2D eigenvalue weighted by molar-refractivity contribution is 5.78. The molecule has 132 valence electrons. The molecule has 1 amide bonds. The molecule has 0 aromatic heterocycles. The summed E-state index contributed by atoms with van der Waals surface area (Å²) in [4.78, 5) is 17.3. The Kier molecular flexibility index (Phi) is 6.27. The number of likely N-dealkylation sites (tertiary alicyclic amines) is 1. The molecule has 2 heterocycles. The molecule has 1 aromatic carbocycles. The molecule has 1 atom stereocenters. The molecule has 1 aromatic rings. The van der Waals surface area contributed by atoms with Gasteiger partial charge in [0.1, 0.15) is 0 Å². The monoisotopic (exact) mass is 330 g/mol. The van der Waals surface area contributed by atoms with Gasteiger partial charge in [0.15, 0.2) is 0 Å². The largest absolute Gasteiger partial charge is 0.379 e. The fourth-order valence-electron chi connectivity index (χ4n) is 3.85. The van der Waals surface area contributed by atoms with Crippen molar-refractivity contribution >= 4 is 5.91 Å². The summed E-state index contributed by atoms with van der Waals surface area (Å²) in [5.41, 5.74) is 1.25. The predicted octanol–water partition coefficient (Wildman–Crippen LogP) is 2.44. The van der Waals surface area contributed by atoms with Crippen molar-refractivity contribution in [2.24, 2.45) is 11.8 Å². The van der Waals surface area contributed by atoms with E-state index in [0.29, 0.717) is 5.91 Å². The van der Waals surface area contributed by atoms with E-state index in [1.165, 1.54) is 12.1 Å². The minimum atomic E-state index is 0.0724. The molecule has 0 radical (unpaired) electrons. The quantitative estimate of drug-likeness (QED) is 0.831. The SMILES string of the molecule is CC(Cc1ccccc1)C(=O)N1CCC(CN2CCOCC2)CC1. The minimum absolute atomic E-state index is 0.0724. The van der Waals surface area contributed by atoms with E-state index in [4.69, 9.17) is 4.74 Å². The number of rotatable bonds is 5. The van der Waals surface area contributed by atoms with E-state index in [-0.39, 0.29) is 5.92 Å². The van der Waals surface area contributed by atoms with Gasteiger partial charge in [-0.1, -0.05) is 37.3 Å². The molecule has 4 nitrogen and oxygen atoms in total. The van der Waals surface area contributed by atoms with Crippen molar-refractivity contribution in [2.75, 3.05) is 45.9 Å². The lowest BCUT2D eigenvalue weighted by Gasteiger charge is -2.37. The molecule has 0 saturated carbocycles. The molecule has 0 aliphatic carbocycles. The van der Waals surface area contributed by atoms with Crippen molar-refractivity contribution in [2.45, 2.75) is 26.2 Å². The van der Waals surface area contributed by atoms with Crippen LogP contribution in [0.2, 0.25) is 0 Å². The number of hydrogen-bond acceptors (Lipinski definition) is 3. The number of carbonyl (C=O) groups is 1. The first-order chi connectivity index (χ1) is 11.7. The molecule has 0 N–H and O–H groups in total. The van der Waals surface area contributed by atoms with Crippen LogP contribution in [0.4, 0.5) is 0 Å². The van der Waals surface area contributed by atoms with Crippen LogP contribution in [0.25, 0.3) is 0 Å². The van der Waals surface area contributed by atoms with E-state index in [9.17, 15) is 4.79 Å². The molecular weight excluding hydrogens is 300 g/mol. The predicted molar refractivity (Wildman–Crippen MR) is 95.9 cm³/mol. The van der Waals surface area contributed by atoms with Gasteiger partial charge in [-0.25, -0.2) is 0 Å². The summed E-state index contributed by atoms with van der Waals surface area (Å²) >= 11 is 0. The Hall–Kier alpha value is -1.39. The van der Waals surface area contributed by atoms with E-state index in [2.05, 4.69) is 28.9 Å². The lowest BCUT2D eigenvalue weighted by Crippen LogP contribution is -2.45. The number of morpholine rings is 1. The number of hydrogen-bond donors (Lipinski definition) is 0. The summed E-state index contributed by atoms with van der Waals surface area (Å²) < 4.78 is 5.42. The second-order valence-electron chi connectivity index (χ2n) is 7.27. The standard InChI is InChI=1S/C20H30N2O2/c1-17(15-18-5-3-2-4-6-18)20(23)22-9-7-19(8-10-22)16-21-11-13-24-14-12-21/h2-6,17,19H,7-16H2,1H3. The average Bonchev–Trinajstić information content (AvgIpc) is 2.63. The highest BCUT2D eigenvalue weighted by Gasteiger charge is 2.27. The number of benzene rings is 1. The van der Waals surface area contributed by atoms with Crippen LogP contribution in [0, 0.1) is 11.8 Å². The molecule has 3 rings (SSSR count). The van der Waals surface area contributed by atoms with Gasteiger partial charge < -0.3 is 9.64 Å². The number of nitrogens with zero attached hydrogens (tertiary/aromatic N) is 2. The normalized spacial score (nSPS) is 21.6. The zero-order valence-electron chi connectivity index (χ0n) is 14.8. The molecule has 2 saturated heterocycles. The Morgan fingerprint density at radius 3 is 2.46 bits per heavy atom. The van der Waals surface area contributed by atoms with Crippen LogP contribution in [-0.2, 0) is 16.0 Å². The molecular formula is C20H30N2O2. The lowest BCUT2D eigenvalue weighted by atomic mass is 9.93. The van der Waals surface area contributed by atoms with Gasteiger partial charge in [-0.2, -0.15) is 0 Å². The van der Waals surface area contributed by atoms with Crippen molar-refractivity contribution in [3.8, 4) is 0 Å². The Labute approximate surface area is 145 Å². The zero-order valence-corrected chi connectivity index (χ0v) is 14.8. The van der Waals surface area contributed by atoms with Gasteiger partial charge in [-0.15, -0.1) is 0 Å². The van der Waals surface area contributed by atoms with Crippen LogP contribution in [0.1, 0.15) is 25.3 Å². The van der Waals surface area contributed by atoms with Crippen LogP contribution in [0.15, 0.2) is 30.3 Å². The van der Waals surface area contributed by atoms with Crippen molar-refractivity contribution in [1.29, 1.82) is 0 Å². The van der Waals surface area contributed by atoms with Gasteiger partial charge >= 0.3 is 0 Å². The third kappa shape index (κ3) is 4.81. The molecule has 2 fully saturated rings. The number of ether oxygens (including phenoxy) is 1. The first kappa shape index (κ1) is 17.4. The number of amides is 1. The highest BCUT2D eigenvalue weighted by atomic mass is 16.5. The topological polar surface area (TPSA) is 32.8 Å². The summed E-state index contributed by atoms with van der Waals surface area (Å²) in [5, 5.41) is 0. The lowest BCUT2D eigenvalue weighted by molar-refractivity contribution is -0.136. The first-order valence-electron chi connectivity index (χ1n) is 9.35. The Balaban J connectivity index is 1.42. The smallest absolute Gasteiger partial charge is 0.225 e. The van der Waals surface area contributed by atoms with E-state index < -0.39 is 0 Å². The summed E-state index contributed by atoms with van der Waals surface area (Å²) in [6.07, 6.45) is 3.12. The Morgan fingerprint density at radius 1 is 1.12 bits per heavy atom.